The van der Waals surface area contributed by atoms with E-state index in [0.717, 1.165) is 17.8 Å². The molecule has 0 heterocycles. The van der Waals surface area contributed by atoms with Gasteiger partial charge in [0, 0.05) is 29.4 Å². The van der Waals surface area contributed by atoms with Gasteiger partial charge in [-0.15, -0.1) is 11.8 Å². The van der Waals surface area contributed by atoms with Gasteiger partial charge in [0.05, 0.1) is 4.91 Å². The molecule has 1 aromatic rings. The van der Waals surface area contributed by atoms with Gasteiger partial charge in [-0.05, 0) is 6.42 Å². The first-order chi connectivity index (χ1) is 15.1. The number of thioether (sulfide) groups is 1. The summed E-state index contributed by atoms with van der Waals surface area (Å²) in [6.45, 7) is -0.687. The molecule has 0 fully saturated rings. The van der Waals surface area contributed by atoms with Crippen LogP contribution in [0.25, 0.3) is 0 Å². The number of allylic oxidation sites excluding steroid dienone is 2. The van der Waals surface area contributed by atoms with E-state index >= 15 is 0 Å². The number of hydrogen-bond acceptors (Lipinski definition) is 8. The monoisotopic (exact) mass is 463 g/mol. The Hall–Kier alpha value is -3.51. The van der Waals surface area contributed by atoms with Crippen LogP contribution in [0.5, 0.6) is 0 Å². The summed E-state index contributed by atoms with van der Waals surface area (Å²) in [5, 5.41) is 22.1. The van der Waals surface area contributed by atoms with Crippen molar-refractivity contribution in [3.05, 3.63) is 46.4 Å². The summed E-state index contributed by atoms with van der Waals surface area (Å²) >= 11 is 0.864. The second kappa shape index (κ2) is 11.2. The minimum atomic E-state index is -1.30. The molecule has 0 bridgehead atoms. The molecule has 1 aromatic carbocycles. The first-order valence-corrected chi connectivity index (χ1v) is 10.4. The second-order valence-corrected chi connectivity index (χ2v) is 7.84. The zero-order valence-corrected chi connectivity index (χ0v) is 17.5. The van der Waals surface area contributed by atoms with Gasteiger partial charge >= 0.3 is 11.9 Å². The number of aliphatic carboxylic acids is 2. The van der Waals surface area contributed by atoms with Gasteiger partial charge in [-0.1, -0.05) is 24.3 Å². The highest BCUT2D eigenvalue weighted by Gasteiger charge is 2.28. The van der Waals surface area contributed by atoms with E-state index < -0.39 is 48.2 Å². The number of Topliss-reactive ketones (excluding diaryl/α,β-unsaturated/α-hetero) is 1. The van der Waals surface area contributed by atoms with Crippen LogP contribution in [0.2, 0.25) is 0 Å². The molecular formula is C20H21N3O8S. The van der Waals surface area contributed by atoms with Crippen molar-refractivity contribution in [2.45, 2.75) is 24.9 Å². The predicted molar refractivity (Wildman–Crippen MR) is 113 cm³/mol. The highest BCUT2D eigenvalue weighted by atomic mass is 32.2. The topological polar surface area (TPSA) is 193 Å². The lowest BCUT2D eigenvalue weighted by atomic mass is 9.95. The molecule has 2 unspecified atom stereocenters. The highest BCUT2D eigenvalue weighted by Crippen LogP contribution is 2.28. The molecule has 0 aromatic heterocycles. The number of nitrogens with two attached hydrogens (primary N) is 1. The maximum atomic E-state index is 12.6. The quantitative estimate of drug-likeness (QED) is 0.287. The van der Waals surface area contributed by atoms with Gasteiger partial charge in [-0.3, -0.25) is 28.8 Å². The van der Waals surface area contributed by atoms with Gasteiger partial charge in [0.15, 0.2) is 11.6 Å². The van der Waals surface area contributed by atoms with Gasteiger partial charge in [0.2, 0.25) is 11.8 Å². The van der Waals surface area contributed by atoms with Crippen LogP contribution in [0.15, 0.2) is 35.2 Å². The molecule has 170 valence electrons. The van der Waals surface area contributed by atoms with E-state index in [4.69, 9.17) is 15.9 Å². The second-order valence-electron chi connectivity index (χ2n) is 6.77. The summed E-state index contributed by atoms with van der Waals surface area (Å²) in [7, 11) is 0. The van der Waals surface area contributed by atoms with Crippen LogP contribution in [0.3, 0.4) is 0 Å². The molecular weight excluding hydrogens is 442 g/mol. The van der Waals surface area contributed by atoms with Crippen molar-refractivity contribution in [3.63, 3.8) is 0 Å². The molecule has 6 N–H and O–H groups in total. The number of ketones is 2. The Morgan fingerprint density at radius 3 is 2.34 bits per heavy atom. The van der Waals surface area contributed by atoms with Crippen LogP contribution in [0, 0.1) is 0 Å². The van der Waals surface area contributed by atoms with Crippen LogP contribution in [0.1, 0.15) is 33.6 Å². The Bertz CT molecular complexity index is 991. The van der Waals surface area contributed by atoms with Crippen LogP contribution in [0.4, 0.5) is 0 Å². The molecule has 32 heavy (non-hydrogen) atoms. The third kappa shape index (κ3) is 6.75. The van der Waals surface area contributed by atoms with Gasteiger partial charge in [-0.2, -0.15) is 0 Å². The van der Waals surface area contributed by atoms with E-state index in [1.54, 1.807) is 12.1 Å². The van der Waals surface area contributed by atoms with E-state index in [1.165, 1.54) is 12.1 Å². The summed E-state index contributed by atoms with van der Waals surface area (Å²) in [5.41, 5.74) is 5.84. The zero-order valence-electron chi connectivity index (χ0n) is 16.7. The molecule has 0 saturated heterocycles. The molecule has 2 rings (SSSR count). The van der Waals surface area contributed by atoms with Crippen LogP contribution in [-0.4, -0.2) is 69.9 Å². The fourth-order valence-corrected chi connectivity index (χ4v) is 3.73. The van der Waals surface area contributed by atoms with Crippen LogP contribution in [-0.2, 0) is 19.2 Å². The third-order valence-electron chi connectivity index (χ3n) is 4.39. The molecule has 1 aliphatic rings. The minimum absolute atomic E-state index is 0.0758. The van der Waals surface area contributed by atoms with Crippen molar-refractivity contribution in [1.82, 2.24) is 10.6 Å². The number of nitrogens with one attached hydrogen (secondary N) is 2. The molecule has 0 spiro atoms. The maximum absolute atomic E-state index is 12.6. The van der Waals surface area contributed by atoms with Crippen LogP contribution >= 0.6 is 11.8 Å². The van der Waals surface area contributed by atoms with E-state index in [9.17, 15) is 28.8 Å². The molecule has 0 aliphatic heterocycles. The van der Waals surface area contributed by atoms with Crippen molar-refractivity contribution >= 4 is 47.1 Å². The summed E-state index contributed by atoms with van der Waals surface area (Å²) in [5.74, 6) is -5.02. The summed E-state index contributed by atoms with van der Waals surface area (Å²) < 4.78 is 0. The Labute approximate surface area is 186 Å². The molecule has 1 aliphatic carbocycles. The number of amides is 2. The fraction of sp³-hybridized carbons (Fsp3) is 0.300. The van der Waals surface area contributed by atoms with E-state index in [2.05, 4.69) is 10.6 Å². The lowest BCUT2D eigenvalue weighted by molar-refractivity contribution is -0.139. The summed E-state index contributed by atoms with van der Waals surface area (Å²) in [4.78, 5) is 71.0. The predicted octanol–water partition coefficient (Wildman–Crippen LogP) is -0.440. The van der Waals surface area contributed by atoms with Crippen molar-refractivity contribution < 1.29 is 39.0 Å². The number of rotatable bonds is 11. The van der Waals surface area contributed by atoms with Crippen molar-refractivity contribution in [2.75, 3.05) is 12.3 Å². The number of carbonyl (C=O) groups is 6. The SMILES string of the molecule is NC(CCC(=O)NC(CSC1=CC(=O)c2ccccc2C1=O)C(=O)NCC(=O)O)C(=O)O. The number of carboxylic acid groups (broad SMARTS) is 2. The standard InChI is InChI=1S/C20H21N3O8S/c21-12(20(30)31)5-6-16(25)23-13(19(29)22-8-17(26)27)9-32-15-7-14(24)10-3-1-2-4-11(10)18(15)28/h1-4,7,12-13H,5-6,8-9,21H2,(H,22,29)(H,23,25)(H,26,27)(H,30,31). The average molecular weight is 463 g/mol. The number of hydrogen-bond donors (Lipinski definition) is 5. The van der Waals surface area contributed by atoms with E-state index in [1.807, 2.05) is 0 Å². The molecule has 0 radical (unpaired) electrons. The van der Waals surface area contributed by atoms with E-state index in [-0.39, 0.29) is 40.4 Å². The Morgan fingerprint density at radius 2 is 1.72 bits per heavy atom. The lowest BCUT2D eigenvalue weighted by Gasteiger charge is -2.20. The highest BCUT2D eigenvalue weighted by molar-refractivity contribution is 8.04. The van der Waals surface area contributed by atoms with Gasteiger partial charge in [0.1, 0.15) is 18.6 Å². The molecule has 0 saturated carbocycles. The Balaban J connectivity index is 2.07. The molecule has 12 heteroatoms. The molecule has 2 amide bonds. The first-order valence-electron chi connectivity index (χ1n) is 9.40. The summed E-state index contributed by atoms with van der Waals surface area (Å²) in [6, 6.07) is 3.78. The number of fused-ring (bicyclic) bond motifs is 1. The average Bonchev–Trinajstić information content (AvgIpc) is 2.76. The maximum Gasteiger partial charge on any atom is 0.322 e. The van der Waals surface area contributed by atoms with Gasteiger partial charge in [0.25, 0.3) is 0 Å². The van der Waals surface area contributed by atoms with Crippen molar-refractivity contribution in [3.8, 4) is 0 Å². The smallest absolute Gasteiger partial charge is 0.322 e. The molecule has 2 atom stereocenters. The number of benzene rings is 1. The largest absolute Gasteiger partial charge is 0.480 e. The normalized spacial score (nSPS) is 14.6. The zero-order chi connectivity index (χ0) is 23.8. The number of carbonyl (C=O) groups excluding carboxylic acids is 4. The van der Waals surface area contributed by atoms with E-state index in [0.29, 0.717) is 0 Å². The fourth-order valence-electron chi connectivity index (χ4n) is 2.72. The third-order valence-corrected chi connectivity index (χ3v) is 5.51. The van der Waals surface area contributed by atoms with Crippen molar-refractivity contribution in [1.29, 1.82) is 0 Å². The summed E-state index contributed by atoms with van der Waals surface area (Å²) in [6.07, 6.45) is 0.691. The Morgan fingerprint density at radius 1 is 1.06 bits per heavy atom. The van der Waals surface area contributed by atoms with Gasteiger partial charge < -0.3 is 26.6 Å². The molecule has 11 nitrogen and oxygen atoms in total. The van der Waals surface area contributed by atoms with Crippen LogP contribution < -0.4 is 16.4 Å². The first kappa shape index (κ1) is 24.8. The number of carboxylic acids is 2. The minimum Gasteiger partial charge on any atom is -0.480 e. The van der Waals surface area contributed by atoms with Gasteiger partial charge in [-0.25, -0.2) is 0 Å². The Kier molecular flexibility index (Phi) is 8.67. The van der Waals surface area contributed by atoms with Crippen molar-refractivity contribution in [2.24, 2.45) is 5.73 Å². The lowest BCUT2D eigenvalue weighted by Crippen LogP contribution is -2.49.